The summed E-state index contributed by atoms with van der Waals surface area (Å²) in [6, 6.07) is 16.9. The van der Waals surface area contributed by atoms with Gasteiger partial charge in [0, 0.05) is 28.6 Å². The van der Waals surface area contributed by atoms with Crippen LogP contribution in [0, 0.1) is 0 Å². The van der Waals surface area contributed by atoms with Crippen LogP contribution in [0.25, 0.3) is 0 Å². The van der Waals surface area contributed by atoms with Crippen molar-refractivity contribution in [3.8, 4) is 5.75 Å². The number of thioether (sulfide) groups is 1. The van der Waals surface area contributed by atoms with E-state index in [0.29, 0.717) is 18.5 Å². The van der Waals surface area contributed by atoms with Gasteiger partial charge < -0.3 is 15.8 Å². The van der Waals surface area contributed by atoms with E-state index in [1.807, 2.05) is 30.0 Å². The fourth-order valence-electron chi connectivity index (χ4n) is 3.31. The lowest BCUT2D eigenvalue weighted by Crippen LogP contribution is -2.37. The van der Waals surface area contributed by atoms with Gasteiger partial charge in [0.15, 0.2) is 5.96 Å². The maximum atomic E-state index is 6.15. The van der Waals surface area contributed by atoms with Gasteiger partial charge in [-0.3, -0.25) is 4.99 Å². The van der Waals surface area contributed by atoms with Gasteiger partial charge in [-0.05, 0) is 17.7 Å². The Morgan fingerprint density at radius 2 is 1.96 bits per heavy atom. The molecule has 2 unspecified atom stereocenters. The van der Waals surface area contributed by atoms with Gasteiger partial charge >= 0.3 is 0 Å². The van der Waals surface area contributed by atoms with Gasteiger partial charge in [-0.2, -0.15) is 0 Å². The molecule has 24 heavy (non-hydrogen) atoms. The molecule has 5 heteroatoms. The molecule has 0 aliphatic carbocycles. The zero-order valence-electron chi connectivity index (χ0n) is 13.4. The molecule has 0 saturated carbocycles. The largest absolute Gasteiger partial charge is 0.493 e. The van der Waals surface area contributed by atoms with Crippen LogP contribution in [-0.2, 0) is 0 Å². The minimum Gasteiger partial charge on any atom is -0.493 e. The summed E-state index contributed by atoms with van der Waals surface area (Å²) in [5.74, 6) is 2.99. The number of nitrogens with two attached hydrogens (primary N) is 1. The zero-order chi connectivity index (χ0) is 16.4. The molecule has 0 amide bonds. The van der Waals surface area contributed by atoms with Crippen LogP contribution in [0.1, 0.15) is 29.5 Å². The second-order valence-corrected chi connectivity index (χ2v) is 7.21. The minimum absolute atomic E-state index is 0.170. The van der Waals surface area contributed by atoms with Crippen molar-refractivity contribution in [3.63, 3.8) is 0 Å². The van der Waals surface area contributed by atoms with Gasteiger partial charge in [-0.1, -0.05) is 36.4 Å². The van der Waals surface area contributed by atoms with E-state index < -0.39 is 0 Å². The van der Waals surface area contributed by atoms with Gasteiger partial charge in [0.25, 0.3) is 0 Å². The van der Waals surface area contributed by atoms with E-state index in [1.54, 1.807) is 0 Å². The van der Waals surface area contributed by atoms with Gasteiger partial charge in [0.2, 0.25) is 0 Å². The van der Waals surface area contributed by atoms with Crippen LogP contribution in [0.3, 0.4) is 0 Å². The van der Waals surface area contributed by atoms with Crippen molar-refractivity contribution in [2.24, 2.45) is 10.7 Å². The number of ether oxygens (including phenoxy) is 1. The molecule has 2 heterocycles. The number of aliphatic imine (C=N–C) groups is 1. The molecule has 2 aromatic carbocycles. The van der Waals surface area contributed by atoms with Crippen LogP contribution in [0.2, 0.25) is 0 Å². The molecule has 2 aromatic rings. The molecule has 0 spiro atoms. The first-order valence-electron chi connectivity index (χ1n) is 8.31. The number of benzene rings is 2. The lowest BCUT2D eigenvalue weighted by Gasteiger charge is -2.27. The second-order valence-electron chi connectivity index (χ2n) is 6.14. The van der Waals surface area contributed by atoms with Gasteiger partial charge in [0.1, 0.15) is 5.75 Å². The summed E-state index contributed by atoms with van der Waals surface area (Å²) in [5.41, 5.74) is 8.71. The fourth-order valence-corrected chi connectivity index (χ4v) is 4.55. The molecule has 0 radical (unpaired) electrons. The van der Waals surface area contributed by atoms with E-state index in [2.05, 4.69) is 40.6 Å². The number of rotatable bonds is 3. The Balaban J connectivity index is 1.42. The molecule has 2 aliphatic rings. The van der Waals surface area contributed by atoms with E-state index in [-0.39, 0.29) is 6.04 Å². The number of nitrogens with one attached hydrogen (secondary N) is 1. The average molecular weight is 339 g/mol. The Morgan fingerprint density at radius 3 is 2.88 bits per heavy atom. The monoisotopic (exact) mass is 339 g/mol. The molecular formula is C19H21N3OS. The van der Waals surface area contributed by atoms with Crippen molar-refractivity contribution in [1.29, 1.82) is 0 Å². The van der Waals surface area contributed by atoms with E-state index in [4.69, 9.17) is 10.5 Å². The van der Waals surface area contributed by atoms with Gasteiger partial charge in [-0.25, -0.2) is 0 Å². The first-order valence-corrected chi connectivity index (χ1v) is 9.30. The normalized spacial score (nSPS) is 22.4. The third-order valence-electron chi connectivity index (χ3n) is 4.56. The van der Waals surface area contributed by atoms with Gasteiger partial charge in [0.05, 0.1) is 19.2 Å². The molecule has 2 atom stereocenters. The van der Waals surface area contributed by atoms with Crippen LogP contribution < -0.4 is 15.8 Å². The number of hydrogen-bond donors (Lipinski definition) is 2. The molecule has 0 fully saturated rings. The lowest BCUT2D eigenvalue weighted by molar-refractivity contribution is 0.262. The van der Waals surface area contributed by atoms with Crippen LogP contribution in [-0.4, -0.2) is 24.9 Å². The van der Waals surface area contributed by atoms with Crippen molar-refractivity contribution in [3.05, 3.63) is 59.7 Å². The molecule has 0 saturated heterocycles. The van der Waals surface area contributed by atoms with E-state index in [1.165, 1.54) is 10.5 Å². The summed E-state index contributed by atoms with van der Waals surface area (Å²) in [6.07, 6.45) is 0.898. The Morgan fingerprint density at radius 1 is 1.17 bits per heavy atom. The summed E-state index contributed by atoms with van der Waals surface area (Å²) in [7, 11) is 0. The van der Waals surface area contributed by atoms with Crippen LogP contribution in [0.5, 0.6) is 5.75 Å². The molecule has 4 rings (SSSR count). The van der Waals surface area contributed by atoms with Crippen molar-refractivity contribution in [2.45, 2.75) is 23.3 Å². The predicted molar refractivity (Wildman–Crippen MR) is 98.8 cm³/mol. The summed E-state index contributed by atoms with van der Waals surface area (Å²) < 4.78 is 5.69. The van der Waals surface area contributed by atoms with Crippen molar-refractivity contribution in [1.82, 2.24) is 5.32 Å². The van der Waals surface area contributed by atoms with Crippen molar-refractivity contribution >= 4 is 17.7 Å². The average Bonchev–Trinajstić information content (AvgIpc) is 3.04. The van der Waals surface area contributed by atoms with Crippen LogP contribution in [0.4, 0.5) is 0 Å². The highest BCUT2D eigenvalue weighted by Crippen LogP contribution is 2.39. The molecule has 2 aliphatic heterocycles. The van der Waals surface area contributed by atoms with Crippen molar-refractivity contribution < 1.29 is 4.74 Å². The Bertz CT molecular complexity index is 762. The third-order valence-corrected chi connectivity index (χ3v) is 5.81. The number of nitrogens with zero attached hydrogens (tertiary/aromatic N) is 1. The highest BCUT2D eigenvalue weighted by atomic mass is 32.2. The van der Waals surface area contributed by atoms with E-state index in [0.717, 1.165) is 30.0 Å². The molecule has 3 N–H and O–H groups in total. The first-order chi connectivity index (χ1) is 11.8. The SMILES string of the molecule is NC(=NCC1CSc2ccccc21)NC1CCOc2ccccc21. The lowest BCUT2D eigenvalue weighted by atomic mass is 10.0. The molecule has 124 valence electrons. The van der Waals surface area contributed by atoms with E-state index in [9.17, 15) is 0 Å². The number of fused-ring (bicyclic) bond motifs is 2. The summed E-state index contributed by atoms with van der Waals surface area (Å²) >= 11 is 1.91. The summed E-state index contributed by atoms with van der Waals surface area (Å²) in [5, 5.41) is 3.36. The molecule has 0 bridgehead atoms. The second kappa shape index (κ2) is 6.77. The summed E-state index contributed by atoms with van der Waals surface area (Å²) in [6.45, 7) is 1.43. The minimum atomic E-state index is 0.170. The third kappa shape index (κ3) is 3.08. The number of para-hydroxylation sites is 1. The quantitative estimate of drug-likeness (QED) is 0.665. The molecule has 0 aromatic heterocycles. The van der Waals surface area contributed by atoms with Crippen LogP contribution in [0.15, 0.2) is 58.4 Å². The maximum Gasteiger partial charge on any atom is 0.189 e. The standard InChI is InChI=1S/C19H21N3OS/c20-19(21-11-13-12-24-18-8-4-2-5-14(13)18)22-16-9-10-23-17-7-3-1-6-15(16)17/h1-8,13,16H,9-12H2,(H3,20,21,22). The number of guanidine groups is 1. The highest BCUT2D eigenvalue weighted by molar-refractivity contribution is 7.99. The maximum absolute atomic E-state index is 6.15. The summed E-state index contributed by atoms with van der Waals surface area (Å²) in [4.78, 5) is 5.98. The Kier molecular flexibility index (Phi) is 4.34. The zero-order valence-corrected chi connectivity index (χ0v) is 14.3. The first kappa shape index (κ1) is 15.4. The van der Waals surface area contributed by atoms with Gasteiger partial charge in [-0.15, -0.1) is 11.8 Å². The number of hydrogen-bond acceptors (Lipinski definition) is 3. The van der Waals surface area contributed by atoms with Crippen molar-refractivity contribution in [2.75, 3.05) is 18.9 Å². The molecular weight excluding hydrogens is 318 g/mol. The predicted octanol–water partition coefficient (Wildman–Crippen LogP) is 3.30. The Hall–Kier alpha value is -2.14. The fraction of sp³-hybridized carbons (Fsp3) is 0.316. The van der Waals surface area contributed by atoms with E-state index >= 15 is 0 Å². The molecule has 4 nitrogen and oxygen atoms in total. The van der Waals surface area contributed by atoms with Crippen LogP contribution >= 0.6 is 11.8 Å². The Labute approximate surface area is 146 Å². The smallest absolute Gasteiger partial charge is 0.189 e. The topological polar surface area (TPSA) is 59.6 Å². The highest BCUT2D eigenvalue weighted by Gasteiger charge is 2.23.